The van der Waals surface area contributed by atoms with Crippen LogP contribution in [0.2, 0.25) is 0 Å². The van der Waals surface area contributed by atoms with Gasteiger partial charge in [-0.05, 0) is 62.2 Å². The van der Waals surface area contributed by atoms with E-state index in [1.807, 2.05) is 0 Å². The van der Waals surface area contributed by atoms with Crippen molar-refractivity contribution < 1.29 is 5.11 Å². The standard InChI is InChI=1S/C15H26O/c1-10-5-7-15-8-6-11(10)12(15)13(2,3)9-14(15,4)16/h10-12,16H,5-9H2,1-4H3/t10-,11+,12?,14-,15-/m0/s1. The summed E-state index contributed by atoms with van der Waals surface area (Å²) in [7, 11) is 0. The lowest BCUT2D eigenvalue weighted by molar-refractivity contribution is -0.0802. The highest BCUT2D eigenvalue weighted by atomic mass is 16.3. The second-order valence-corrected chi connectivity index (χ2v) is 7.79. The van der Waals surface area contributed by atoms with Crippen molar-refractivity contribution in [1.82, 2.24) is 0 Å². The molecule has 1 nitrogen and oxygen atoms in total. The highest BCUT2D eigenvalue weighted by molar-refractivity contribution is 5.19. The highest BCUT2D eigenvalue weighted by Crippen LogP contribution is 2.73. The maximum absolute atomic E-state index is 10.9. The Morgan fingerprint density at radius 1 is 1.06 bits per heavy atom. The Labute approximate surface area is 99.6 Å². The fourth-order valence-corrected chi connectivity index (χ4v) is 6.12. The Kier molecular flexibility index (Phi) is 1.98. The van der Waals surface area contributed by atoms with Crippen molar-refractivity contribution >= 4 is 0 Å². The minimum Gasteiger partial charge on any atom is -0.390 e. The van der Waals surface area contributed by atoms with Crippen molar-refractivity contribution in [3.05, 3.63) is 0 Å². The van der Waals surface area contributed by atoms with E-state index < -0.39 is 5.60 Å². The molecule has 5 atom stereocenters. The summed E-state index contributed by atoms with van der Waals surface area (Å²) < 4.78 is 0. The SMILES string of the molecule is C[C@H]1CC[C@]23CC[C@H]1C2C(C)(C)C[C@]3(C)O. The molecule has 1 heteroatoms. The summed E-state index contributed by atoms with van der Waals surface area (Å²) in [5.74, 6) is 2.55. The number of hydrogen-bond donors (Lipinski definition) is 1. The van der Waals surface area contributed by atoms with Crippen LogP contribution in [0, 0.1) is 28.6 Å². The Bertz CT molecular complexity index is 317. The van der Waals surface area contributed by atoms with Gasteiger partial charge in [-0.1, -0.05) is 20.8 Å². The van der Waals surface area contributed by atoms with Crippen molar-refractivity contribution in [1.29, 1.82) is 0 Å². The molecule has 0 radical (unpaired) electrons. The van der Waals surface area contributed by atoms with Crippen LogP contribution in [0.3, 0.4) is 0 Å². The molecule has 2 bridgehead atoms. The maximum atomic E-state index is 10.9. The molecule has 3 aliphatic carbocycles. The first-order chi connectivity index (χ1) is 7.30. The van der Waals surface area contributed by atoms with Gasteiger partial charge in [-0.25, -0.2) is 0 Å². The lowest BCUT2D eigenvalue weighted by Gasteiger charge is -2.47. The zero-order valence-corrected chi connectivity index (χ0v) is 11.2. The monoisotopic (exact) mass is 222 g/mol. The van der Waals surface area contributed by atoms with E-state index in [9.17, 15) is 5.11 Å². The Hall–Kier alpha value is -0.0400. The molecule has 0 saturated heterocycles. The molecule has 0 amide bonds. The number of hydrogen-bond acceptors (Lipinski definition) is 1. The minimum absolute atomic E-state index is 0.272. The van der Waals surface area contributed by atoms with E-state index >= 15 is 0 Å². The van der Waals surface area contributed by atoms with Crippen LogP contribution >= 0.6 is 0 Å². The third kappa shape index (κ3) is 1.06. The zero-order valence-electron chi connectivity index (χ0n) is 11.2. The first-order valence-corrected chi connectivity index (χ1v) is 7.03. The molecule has 0 aromatic carbocycles. The van der Waals surface area contributed by atoms with Gasteiger partial charge in [0, 0.05) is 5.41 Å². The maximum Gasteiger partial charge on any atom is 0.0683 e. The van der Waals surface area contributed by atoms with Crippen LogP contribution in [0.15, 0.2) is 0 Å². The summed E-state index contributed by atoms with van der Waals surface area (Å²) in [6, 6.07) is 0. The molecule has 0 aromatic heterocycles. The number of aliphatic hydroxyl groups is 1. The summed E-state index contributed by atoms with van der Waals surface area (Å²) >= 11 is 0. The third-order valence-electron chi connectivity index (χ3n) is 6.44. The van der Waals surface area contributed by atoms with Gasteiger partial charge in [0.2, 0.25) is 0 Å². The quantitative estimate of drug-likeness (QED) is 0.664. The third-order valence-corrected chi connectivity index (χ3v) is 6.44. The molecule has 3 rings (SSSR count). The Balaban J connectivity index is 2.10. The van der Waals surface area contributed by atoms with E-state index in [1.165, 1.54) is 25.7 Å². The van der Waals surface area contributed by atoms with Crippen LogP contribution in [0.5, 0.6) is 0 Å². The highest BCUT2D eigenvalue weighted by Gasteiger charge is 2.69. The molecule has 0 aromatic rings. The van der Waals surface area contributed by atoms with E-state index in [-0.39, 0.29) is 5.41 Å². The molecule has 3 saturated carbocycles. The van der Waals surface area contributed by atoms with Crippen molar-refractivity contribution in [2.75, 3.05) is 0 Å². The molecular formula is C15H26O. The summed E-state index contributed by atoms with van der Waals surface area (Å²) in [6.07, 6.45) is 6.27. The fourth-order valence-electron chi connectivity index (χ4n) is 6.12. The first-order valence-electron chi connectivity index (χ1n) is 7.03. The average molecular weight is 222 g/mol. The van der Waals surface area contributed by atoms with Crippen LogP contribution in [0.25, 0.3) is 0 Å². The van der Waals surface area contributed by atoms with Crippen molar-refractivity contribution in [2.24, 2.45) is 28.6 Å². The van der Waals surface area contributed by atoms with Crippen molar-refractivity contribution in [3.63, 3.8) is 0 Å². The second kappa shape index (κ2) is 2.85. The summed E-state index contributed by atoms with van der Waals surface area (Å²) in [5, 5.41) is 10.9. The van der Waals surface area contributed by atoms with E-state index in [0.717, 1.165) is 24.2 Å². The molecule has 16 heavy (non-hydrogen) atoms. The van der Waals surface area contributed by atoms with Crippen molar-refractivity contribution in [3.8, 4) is 0 Å². The van der Waals surface area contributed by atoms with E-state index in [1.54, 1.807) is 0 Å². The number of rotatable bonds is 0. The Morgan fingerprint density at radius 3 is 2.38 bits per heavy atom. The van der Waals surface area contributed by atoms with Gasteiger partial charge in [0.05, 0.1) is 5.60 Å². The van der Waals surface area contributed by atoms with Gasteiger partial charge >= 0.3 is 0 Å². The fraction of sp³-hybridized carbons (Fsp3) is 1.00. The first kappa shape index (κ1) is 11.1. The average Bonchev–Trinajstić information content (AvgIpc) is 2.53. The molecule has 3 fully saturated rings. The van der Waals surface area contributed by atoms with Gasteiger partial charge in [0.1, 0.15) is 0 Å². The van der Waals surface area contributed by atoms with Crippen molar-refractivity contribution in [2.45, 2.75) is 65.4 Å². The van der Waals surface area contributed by atoms with Gasteiger partial charge in [-0.2, -0.15) is 0 Å². The second-order valence-electron chi connectivity index (χ2n) is 7.79. The van der Waals surface area contributed by atoms with Gasteiger partial charge in [0.25, 0.3) is 0 Å². The lowest BCUT2D eigenvalue weighted by Crippen LogP contribution is -2.46. The smallest absolute Gasteiger partial charge is 0.0683 e. The molecule has 3 aliphatic rings. The topological polar surface area (TPSA) is 20.2 Å². The van der Waals surface area contributed by atoms with E-state index in [2.05, 4.69) is 27.7 Å². The summed E-state index contributed by atoms with van der Waals surface area (Å²) in [4.78, 5) is 0. The minimum atomic E-state index is -0.407. The van der Waals surface area contributed by atoms with E-state index in [4.69, 9.17) is 0 Å². The lowest BCUT2D eigenvalue weighted by atomic mass is 9.58. The van der Waals surface area contributed by atoms with Gasteiger partial charge in [-0.15, -0.1) is 0 Å². The van der Waals surface area contributed by atoms with Crippen LogP contribution in [0.1, 0.15) is 59.8 Å². The summed E-state index contributed by atoms with van der Waals surface area (Å²) in [6.45, 7) is 9.34. The predicted molar refractivity (Wildman–Crippen MR) is 66.1 cm³/mol. The Morgan fingerprint density at radius 2 is 1.69 bits per heavy atom. The van der Waals surface area contributed by atoms with Gasteiger partial charge < -0.3 is 5.11 Å². The summed E-state index contributed by atoms with van der Waals surface area (Å²) in [5.41, 5.74) is 0.211. The molecule has 0 aliphatic heterocycles. The molecule has 0 heterocycles. The van der Waals surface area contributed by atoms with Gasteiger partial charge in [-0.3, -0.25) is 0 Å². The van der Waals surface area contributed by atoms with Crippen LogP contribution < -0.4 is 0 Å². The molecule has 0 spiro atoms. The molecular weight excluding hydrogens is 196 g/mol. The van der Waals surface area contributed by atoms with Gasteiger partial charge in [0.15, 0.2) is 0 Å². The largest absolute Gasteiger partial charge is 0.390 e. The molecule has 1 N–H and O–H groups in total. The molecule has 1 unspecified atom stereocenters. The van der Waals surface area contributed by atoms with Crippen LogP contribution in [0.4, 0.5) is 0 Å². The van der Waals surface area contributed by atoms with Crippen LogP contribution in [-0.4, -0.2) is 10.7 Å². The van der Waals surface area contributed by atoms with Crippen LogP contribution in [-0.2, 0) is 0 Å². The predicted octanol–water partition coefficient (Wildman–Crippen LogP) is 3.61. The zero-order chi connectivity index (χ0) is 11.8. The normalized spacial score (nSPS) is 58.7. The van der Waals surface area contributed by atoms with E-state index in [0.29, 0.717) is 5.41 Å². The molecule has 92 valence electrons.